The summed E-state index contributed by atoms with van der Waals surface area (Å²) < 4.78 is 25.7. The Hall–Kier alpha value is -4.15. The second kappa shape index (κ2) is 11.3. The van der Waals surface area contributed by atoms with Crippen molar-refractivity contribution in [3.05, 3.63) is 84.1 Å². The van der Waals surface area contributed by atoms with Gasteiger partial charge in [-0.1, -0.05) is 30.3 Å². The highest BCUT2D eigenvalue weighted by Gasteiger charge is 2.40. The molecule has 1 aliphatic heterocycles. The molecule has 4 aromatic rings. The van der Waals surface area contributed by atoms with E-state index in [-0.39, 0.29) is 31.0 Å². The third-order valence-corrected chi connectivity index (χ3v) is 6.34. The van der Waals surface area contributed by atoms with Crippen molar-refractivity contribution in [3.63, 3.8) is 0 Å². The van der Waals surface area contributed by atoms with Crippen LogP contribution in [0.1, 0.15) is 38.4 Å². The molecule has 3 N–H and O–H groups in total. The van der Waals surface area contributed by atoms with Gasteiger partial charge in [-0.15, -0.1) is 0 Å². The van der Waals surface area contributed by atoms with Gasteiger partial charge in [0.1, 0.15) is 5.82 Å². The van der Waals surface area contributed by atoms with Crippen LogP contribution < -0.4 is 10.6 Å². The number of aromatic nitrogens is 4. The quantitative estimate of drug-likeness (QED) is 0.298. The molecule has 0 saturated carbocycles. The number of imidazole rings is 1. The Kier molecular flexibility index (Phi) is 7.67. The number of nitrogens with zero attached hydrogens (tertiary/aromatic N) is 3. The van der Waals surface area contributed by atoms with E-state index in [0.717, 1.165) is 5.56 Å². The zero-order chi connectivity index (χ0) is 27.4. The lowest BCUT2D eigenvalue weighted by molar-refractivity contribution is -0.231. The largest absolute Gasteiger partial charge is 0.352 e. The maximum absolute atomic E-state index is 13.7. The SMILES string of the molecule is CC(C)Nc1nccc(-c2[nH]c(C3OCC(C)(C(=O)NCc4ccccc4)CO3)nc2-c2ccc(F)cc2)n1. The van der Waals surface area contributed by atoms with Gasteiger partial charge in [0.05, 0.1) is 35.7 Å². The molecule has 2 aromatic carbocycles. The summed E-state index contributed by atoms with van der Waals surface area (Å²) in [6, 6.07) is 17.7. The smallest absolute Gasteiger partial charge is 0.230 e. The Labute approximate surface area is 226 Å². The van der Waals surface area contributed by atoms with E-state index in [2.05, 4.69) is 25.6 Å². The van der Waals surface area contributed by atoms with Gasteiger partial charge < -0.3 is 25.1 Å². The van der Waals surface area contributed by atoms with Gasteiger partial charge in [0.15, 0.2) is 5.82 Å². The van der Waals surface area contributed by atoms with Gasteiger partial charge >= 0.3 is 0 Å². The highest BCUT2D eigenvalue weighted by Crippen LogP contribution is 2.35. The fraction of sp³-hybridized carbons (Fsp3) is 0.310. The minimum Gasteiger partial charge on any atom is -0.352 e. The number of H-pyrrole nitrogens is 1. The van der Waals surface area contributed by atoms with Crippen molar-refractivity contribution in [2.45, 2.75) is 39.6 Å². The van der Waals surface area contributed by atoms with Crippen LogP contribution in [0, 0.1) is 11.2 Å². The third kappa shape index (κ3) is 6.13. The monoisotopic (exact) mass is 530 g/mol. The molecule has 0 aliphatic carbocycles. The average molecular weight is 531 g/mol. The first-order valence-corrected chi connectivity index (χ1v) is 12.8. The molecular weight excluding hydrogens is 499 g/mol. The van der Waals surface area contributed by atoms with Crippen LogP contribution in [0.4, 0.5) is 10.3 Å². The Balaban J connectivity index is 1.36. The van der Waals surface area contributed by atoms with E-state index in [9.17, 15) is 9.18 Å². The van der Waals surface area contributed by atoms with E-state index >= 15 is 0 Å². The zero-order valence-corrected chi connectivity index (χ0v) is 22.1. The van der Waals surface area contributed by atoms with Crippen molar-refractivity contribution in [3.8, 4) is 22.6 Å². The fourth-order valence-corrected chi connectivity index (χ4v) is 4.22. The van der Waals surface area contributed by atoms with E-state index in [0.29, 0.717) is 41.0 Å². The summed E-state index contributed by atoms with van der Waals surface area (Å²) in [4.78, 5) is 29.9. The molecule has 0 atom stereocenters. The molecule has 1 amide bonds. The van der Waals surface area contributed by atoms with Gasteiger partial charge in [-0.05, 0) is 56.7 Å². The first kappa shape index (κ1) is 26.5. The van der Waals surface area contributed by atoms with Crippen LogP contribution in [0.5, 0.6) is 0 Å². The van der Waals surface area contributed by atoms with Crippen LogP contribution in [0.25, 0.3) is 22.6 Å². The molecule has 1 saturated heterocycles. The van der Waals surface area contributed by atoms with Crippen molar-refractivity contribution >= 4 is 11.9 Å². The van der Waals surface area contributed by atoms with Gasteiger partial charge in [-0.3, -0.25) is 4.79 Å². The molecule has 1 fully saturated rings. The maximum atomic E-state index is 13.7. The van der Waals surface area contributed by atoms with E-state index in [1.165, 1.54) is 12.1 Å². The molecule has 0 spiro atoms. The van der Waals surface area contributed by atoms with Gasteiger partial charge in [-0.2, -0.15) is 0 Å². The van der Waals surface area contributed by atoms with Crippen molar-refractivity contribution in [1.29, 1.82) is 0 Å². The Morgan fingerprint density at radius 3 is 2.49 bits per heavy atom. The number of carbonyl (C=O) groups excluding carboxylic acids is 1. The van der Waals surface area contributed by atoms with Crippen LogP contribution in [-0.4, -0.2) is 45.1 Å². The lowest BCUT2D eigenvalue weighted by Crippen LogP contribution is -2.48. The predicted octanol–water partition coefficient (Wildman–Crippen LogP) is 4.86. The summed E-state index contributed by atoms with van der Waals surface area (Å²) in [5.74, 6) is 0.410. The van der Waals surface area contributed by atoms with Gasteiger partial charge in [-0.25, -0.2) is 19.3 Å². The van der Waals surface area contributed by atoms with E-state index in [4.69, 9.17) is 14.5 Å². The van der Waals surface area contributed by atoms with Crippen molar-refractivity contribution < 1.29 is 18.7 Å². The summed E-state index contributed by atoms with van der Waals surface area (Å²) in [6.07, 6.45) is 0.845. The highest BCUT2D eigenvalue weighted by atomic mass is 19.1. The summed E-state index contributed by atoms with van der Waals surface area (Å²) in [5, 5.41) is 6.17. The van der Waals surface area contributed by atoms with Crippen molar-refractivity contribution in [2.75, 3.05) is 18.5 Å². The zero-order valence-electron chi connectivity index (χ0n) is 22.1. The Morgan fingerprint density at radius 1 is 1.08 bits per heavy atom. The van der Waals surface area contributed by atoms with Crippen LogP contribution in [0.3, 0.4) is 0 Å². The summed E-state index contributed by atoms with van der Waals surface area (Å²) in [7, 11) is 0. The second-order valence-electron chi connectivity index (χ2n) is 10.1. The molecule has 0 bridgehead atoms. The summed E-state index contributed by atoms with van der Waals surface area (Å²) >= 11 is 0. The predicted molar refractivity (Wildman–Crippen MR) is 145 cm³/mol. The van der Waals surface area contributed by atoms with E-state index < -0.39 is 11.7 Å². The fourth-order valence-electron chi connectivity index (χ4n) is 4.22. The van der Waals surface area contributed by atoms with E-state index in [1.807, 2.05) is 51.1 Å². The first-order chi connectivity index (χ1) is 18.8. The van der Waals surface area contributed by atoms with Crippen LogP contribution in [0.2, 0.25) is 0 Å². The third-order valence-electron chi connectivity index (χ3n) is 6.34. The summed E-state index contributed by atoms with van der Waals surface area (Å²) in [5.41, 5.74) is 2.65. The minimum atomic E-state index is -0.857. The molecule has 3 heterocycles. The number of amides is 1. The molecule has 2 aromatic heterocycles. The molecule has 9 nitrogen and oxygen atoms in total. The number of anilines is 1. The van der Waals surface area contributed by atoms with Crippen molar-refractivity contribution in [2.24, 2.45) is 5.41 Å². The van der Waals surface area contributed by atoms with Crippen LogP contribution in [-0.2, 0) is 20.8 Å². The molecule has 39 heavy (non-hydrogen) atoms. The molecule has 1 aliphatic rings. The number of benzene rings is 2. The first-order valence-electron chi connectivity index (χ1n) is 12.8. The van der Waals surface area contributed by atoms with Crippen LogP contribution in [0.15, 0.2) is 66.9 Å². The van der Waals surface area contributed by atoms with Gasteiger partial charge in [0.25, 0.3) is 0 Å². The second-order valence-corrected chi connectivity index (χ2v) is 10.1. The number of nitrogens with one attached hydrogen (secondary N) is 3. The number of aromatic amines is 1. The van der Waals surface area contributed by atoms with Gasteiger partial charge in [0, 0.05) is 24.3 Å². The number of hydrogen-bond donors (Lipinski definition) is 3. The number of rotatable bonds is 8. The molecule has 0 radical (unpaired) electrons. The Bertz CT molecular complexity index is 1420. The minimum absolute atomic E-state index is 0.149. The lowest BCUT2D eigenvalue weighted by Gasteiger charge is -2.35. The average Bonchev–Trinajstić information content (AvgIpc) is 3.38. The Morgan fingerprint density at radius 2 is 1.79 bits per heavy atom. The van der Waals surface area contributed by atoms with Gasteiger partial charge in [0.2, 0.25) is 18.1 Å². The standard InChI is InChI=1S/C29H31FN6O3/c1-18(2)33-28-31-14-13-22(34-28)24-23(20-9-11-21(30)12-10-20)35-25(36-24)26-38-16-29(3,17-39-26)27(37)32-15-19-7-5-4-6-8-19/h4-14,18,26H,15-17H2,1-3H3,(H,32,37)(H,35,36)(H,31,33,34). The van der Waals surface area contributed by atoms with Crippen molar-refractivity contribution in [1.82, 2.24) is 25.3 Å². The molecule has 10 heteroatoms. The molecule has 5 rings (SSSR count). The topological polar surface area (TPSA) is 114 Å². The number of ether oxygens (including phenoxy) is 2. The highest BCUT2D eigenvalue weighted by molar-refractivity contribution is 5.82. The maximum Gasteiger partial charge on any atom is 0.230 e. The molecule has 202 valence electrons. The molecular formula is C29H31FN6O3. The lowest BCUT2D eigenvalue weighted by atomic mass is 9.91. The number of carbonyl (C=O) groups is 1. The number of halogens is 1. The van der Waals surface area contributed by atoms with E-state index in [1.54, 1.807) is 24.4 Å². The normalized spacial score (nSPS) is 19.2. The molecule has 0 unspecified atom stereocenters. The van der Waals surface area contributed by atoms with Crippen LogP contribution >= 0.6 is 0 Å². The number of hydrogen-bond acceptors (Lipinski definition) is 7. The summed E-state index contributed by atoms with van der Waals surface area (Å²) in [6.45, 7) is 6.54.